The predicted octanol–water partition coefficient (Wildman–Crippen LogP) is 3.89. The minimum absolute atomic E-state index is 0.159. The average molecular weight is 331 g/mol. The molecule has 0 bridgehead atoms. The van der Waals surface area contributed by atoms with Crippen molar-refractivity contribution in [3.05, 3.63) is 69.2 Å². The van der Waals surface area contributed by atoms with Gasteiger partial charge in [-0.1, -0.05) is 35.3 Å². The van der Waals surface area contributed by atoms with Crippen LogP contribution >= 0.6 is 23.2 Å². The van der Waals surface area contributed by atoms with Crippen LogP contribution in [0.2, 0.25) is 10.0 Å². The Hall–Kier alpha value is -1.20. The number of hydrogen-bond donors (Lipinski definition) is 2. The summed E-state index contributed by atoms with van der Waals surface area (Å²) in [6.07, 6.45) is 0.998. The largest absolute Gasteiger partial charge is 0.271 e. The number of benzene rings is 2. The van der Waals surface area contributed by atoms with Gasteiger partial charge in [-0.2, -0.15) is 0 Å². The van der Waals surface area contributed by atoms with Crippen LogP contribution in [-0.4, -0.2) is 6.04 Å². The molecule has 1 unspecified atom stereocenters. The van der Waals surface area contributed by atoms with E-state index in [2.05, 4.69) is 5.43 Å². The van der Waals surface area contributed by atoms with Crippen molar-refractivity contribution in [1.29, 1.82) is 0 Å². The Labute approximate surface area is 131 Å². The molecule has 0 aliphatic carbocycles. The summed E-state index contributed by atoms with van der Waals surface area (Å²) in [6.45, 7) is 0. The third-order valence-corrected chi connectivity index (χ3v) is 3.77. The molecule has 2 nitrogen and oxygen atoms in total. The topological polar surface area (TPSA) is 38.0 Å². The average Bonchev–Trinajstić information content (AvgIpc) is 2.44. The Balaban J connectivity index is 2.10. The van der Waals surface area contributed by atoms with Gasteiger partial charge in [0.15, 0.2) is 11.6 Å². The number of rotatable bonds is 5. The van der Waals surface area contributed by atoms with Crippen molar-refractivity contribution in [3.8, 4) is 0 Å². The molecule has 0 aliphatic heterocycles. The summed E-state index contributed by atoms with van der Waals surface area (Å²) in [5, 5.41) is 1.11. The fourth-order valence-electron chi connectivity index (χ4n) is 2.09. The summed E-state index contributed by atoms with van der Waals surface area (Å²) in [7, 11) is 0. The zero-order chi connectivity index (χ0) is 15.4. The minimum atomic E-state index is -0.868. The van der Waals surface area contributed by atoms with Crippen LogP contribution in [0.15, 0.2) is 36.4 Å². The zero-order valence-electron chi connectivity index (χ0n) is 11.0. The van der Waals surface area contributed by atoms with Crippen LogP contribution in [0.4, 0.5) is 8.78 Å². The van der Waals surface area contributed by atoms with Crippen molar-refractivity contribution in [1.82, 2.24) is 5.43 Å². The van der Waals surface area contributed by atoms with Gasteiger partial charge in [0.2, 0.25) is 0 Å². The molecular formula is C15H14Cl2F2N2. The first-order valence-electron chi connectivity index (χ1n) is 6.33. The number of hydrogen-bond acceptors (Lipinski definition) is 2. The molecule has 0 saturated heterocycles. The van der Waals surface area contributed by atoms with Crippen LogP contribution in [0, 0.1) is 11.6 Å². The molecule has 0 spiro atoms. The number of halogens is 4. The molecule has 3 N–H and O–H groups in total. The summed E-state index contributed by atoms with van der Waals surface area (Å²) in [5.41, 5.74) is 4.20. The van der Waals surface area contributed by atoms with Crippen molar-refractivity contribution in [3.63, 3.8) is 0 Å². The monoisotopic (exact) mass is 330 g/mol. The Morgan fingerprint density at radius 2 is 1.76 bits per heavy atom. The van der Waals surface area contributed by atoms with Crippen LogP contribution in [-0.2, 0) is 12.8 Å². The summed E-state index contributed by atoms with van der Waals surface area (Å²) in [5.74, 6) is 3.80. The van der Waals surface area contributed by atoms with Gasteiger partial charge in [-0.05, 0) is 48.2 Å². The first-order valence-corrected chi connectivity index (χ1v) is 7.09. The van der Waals surface area contributed by atoms with E-state index in [1.54, 1.807) is 12.1 Å². The van der Waals surface area contributed by atoms with Crippen LogP contribution in [0.5, 0.6) is 0 Å². The molecule has 0 heterocycles. The van der Waals surface area contributed by atoms with Crippen molar-refractivity contribution in [2.45, 2.75) is 18.9 Å². The summed E-state index contributed by atoms with van der Waals surface area (Å²) in [4.78, 5) is 0. The lowest BCUT2D eigenvalue weighted by atomic mass is 9.99. The molecule has 0 aliphatic rings. The summed E-state index contributed by atoms with van der Waals surface area (Å²) < 4.78 is 26.1. The lowest BCUT2D eigenvalue weighted by molar-refractivity contribution is 0.498. The maximum absolute atomic E-state index is 13.2. The van der Waals surface area contributed by atoms with Gasteiger partial charge in [-0.3, -0.25) is 11.3 Å². The van der Waals surface area contributed by atoms with E-state index < -0.39 is 11.6 Å². The smallest absolute Gasteiger partial charge is 0.159 e. The van der Waals surface area contributed by atoms with Gasteiger partial charge >= 0.3 is 0 Å². The third-order valence-electron chi connectivity index (χ3n) is 3.18. The van der Waals surface area contributed by atoms with Crippen LogP contribution in [0.3, 0.4) is 0 Å². The standard InChI is InChI=1S/C15H14Cl2F2N2/c16-11-3-2-10(13(17)8-11)7-12(21-20)5-9-1-4-14(18)15(19)6-9/h1-4,6,8,12,21H,5,7,20H2. The summed E-state index contributed by atoms with van der Waals surface area (Å²) >= 11 is 12.0. The van der Waals surface area contributed by atoms with Gasteiger partial charge in [0.05, 0.1) is 0 Å². The molecule has 2 aromatic carbocycles. The van der Waals surface area contributed by atoms with Crippen molar-refractivity contribution >= 4 is 23.2 Å². The minimum Gasteiger partial charge on any atom is -0.271 e. The fourth-order valence-corrected chi connectivity index (χ4v) is 2.58. The number of hydrazine groups is 1. The Kier molecular flexibility index (Phi) is 5.53. The highest BCUT2D eigenvalue weighted by atomic mass is 35.5. The molecule has 6 heteroatoms. The van der Waals surface area contributed by atoms with E-state index in [1.165, 1.54) is 12.1 Å². The Morgan fingerprint density at radius 1 is 1.00 bits per heavy atom. The molecule has 0 fully saturated rings. The predicted molar refractivity (Wildman–Crippen MR) is 81.3 cm³/mol. The molecule has 112 valence electrons. The molecule has 0 aromatic heterocycles. The van der Waals surface area contributed by atoms with E-state index in [0.29, 0.717) is 28.5 Å². The van der Waals surface area contributed by atoms with Crippen LogP contribution < -0.4 is 11.3 Å². The summed E-state index contributed by atoms with van der Waals surface area (Å²) in [6, 6.07) is 8.87. The number of nitrogens with one attached hydrogen (secondary N) is 1. The first-order chi connectivity index (χ1) is 9.99. The second-order valence-corrected chi connectivity index (χ2v) is 5.60. The van der Waals surface area contributed by atoms with E-state index in [9.17, 15) is 8.78 Å². The second kappa shape index (κ2) is 7.18. The maximum atomic E-state index is 13.2. The van der Waals surface area contributed by atoms with Crippen molar-refractivity contribution in [2.24, 2.45) is 5.84 Å². The molecule has 0 radical (unpaired) electrons. The molecule has 2 rings (SSSR count). The van der Waals surface area contributed by atoms with Gasteiger partial charge in [-0.25, -0.2) is 8.78 Å². The molecular weight excluding hydrogens is 317 g/mol. The van der Waals surface area contributed by atoms with Gasteiger partial charge in [0, 0.05) is 16.1 Å². The van der Waals surface area contributed by atoms with Gasteiger partial charge < -0.3 is 0 Å². The van der Waals surface area contributed by atoms with Gasteiger partial charge in [0.1, 0.15) is 0 Å². The van der Waals surface area contributed by atoms with E-state index >= 15 is 0 Å². The highest BCUT2D eigenvalue weighted by Gasteiger charge is 2.13. The van der Waals surface area contributed by atoms with Gasteiger partial charge in [-0.15, -0.1) is 0 Å². The molecule has 0 saturated carbocycles. The van der Waals surface area contributed by atoms with Crippen LogP contribution in [0.1, 0.15) is 11.1 Å². The fraction of sp³-hybridized carbons (Fsp3) is 0.200. The SMILES string of the molecule is NNC(Cc1ccc(F)c(F)c1)Cc1ccc(Cl)cc1Cl. The lowest BCUT2D eigenvalue weighted by Crippen LogP contribution is -2.38. The van der Waals surface area contributed by atoms with Crippen molar-refractivity contribution < 1.29 is 8.78 Å². The number of nitrogens with two attached hydrogens (primary N) is 1. The maximum Gasteiger partial charge on any atom is 0.159 e. The van der Waals surface area contributed by atoms with Gasteiger partial charge in [0.25, 0.3) is 0 Å². The van der Waals surface area contributed by atoms with E-state index in [-0.39, 0.29) is 6.04 Å². The van der Waals surface area contributed by atoms with Crippen LogP contribution in [0.25, 0.3) is 0 Å². The highest BCUT2D eigenvalue weighted by Crippen LogP contribution is 2.23. The Morgan fingerprint density at radius 3 is 2.38 bits per heavy atom. The first kappa shape index (κ1) is 16.2. The lowest BCUT2D eigenvalue weighted by Gasteiger charge is -2.17. The van der Waals surface area contributed by atoms with E-state index in [0.717, 1.165) is 11.6 Å². The normalized spacial score (nSPS) is 12.4. The Bertz CT molecular complexity index is 635. The zero-order valence-corrected chi connectivity index (χ0v) is 12.6. The quantitative estimate of drug-likeness (QED) is 0.644. The highest BCUT2D eigenvalue weighted by molar-refractivity contribution is 6.35. The molecule has 1 atom stereocenters. The molecule has 0 amide bonds. The van der Waals surface area contributed by atoms with E-state index in [1.807, 2.05) is 6.07 Å². The van der Waals surface area contributed by atoms with E-state index in [4.69, 9.17) is 29.0 Å². The molecule has 21 heavy (non-hydrogen) atoms. The van der Waals surface area contributed by atoms with Crippen molar-refractivity contribution in [2.75, 3.05) is 0 Å². The molecule has 2 aromatic rings. The third kappa shape index (κ3) is 4.38. The second-order valence-electron chi connectivity index (χ2n) is 4.76.